The third kappa shape index (κ3) is 2.13. The van der Waals surface area contributed by atoms with E-state index in [1.54, 1.807) is 12.3 Å². The minimum atomic E-state index is 0.0984. The lowest BCUT2D eigenvalue weighted by Gasteiger charge is -2.23. The Hall–Kier alpha value is -1.91. The summed E-state index contributed by atoms with van der Waals surface area (Å²) in [7, 11) is 0. The van der Waals surface area contributed by atoms with Gasteiger partial charge in [-0.05, 0) is 12.0 Å². The van der Waals surface area contributed by atoms with Crippen molar-refractivity contribution in [2.45, 2.75) is 25.7 Å². The first-order chi connectivity index (χ1) is 8.31. The van der Waals surface area contributed by atoms with Gasteiger partial charge in [-0.2, -0.15) is 4.98 Å². The van der Waals surface area contributed by atoms with Gasteiger partial charge >= 0.3 is 0 Å². The molecule has 0 atom stereocenters. The average Bonchev–Trinajstić information content (AvgIpc) is 2.72. The SMILES string of the molecule is Oc1cncc(-c2nc(CC3CCC3)no2)c1. The van der Waals surface area contributed by atoms with Crippen LogP contribution in [0.2, 0.25) is 0 Å². The lowest BCUT2D eigenvalue weighted by molar-refractivity contribution is 0.304. The Kier molecular flexibility index (Phi) is 2.51. The van der Waals surface area contributed by atoms with Gasteiger partial charge in [0.15, 0.2) is 5.82 Å². The molecule has 1 saturated carbocycles. The molecule has 1 N–H and O–H groups in total. The first-order valence-corrected chi connectivity index (χ1v) is 5.78. The number of rotatable bonds is 3. The Morgan fingerprint density at radius 3 is 2.94 bits per heavy atom. The van der Waals surface area contributed by atoms with Crippen molar-refractivity contribution < 1.29 is 9.63 Å². The molecule has 5 nitrogen and oxygen atoms in total. The monoisotopic (exact) mass is 231 g/mol. The number of nitrogens with zero attached hydrogens (tertiary/aromatic N) is 3. The van der Waals surface area contributed by atoms with Gasteiger partial charge in [0.05, 0.1) is 11.8 Å². The van der Waals surface area contributed by atoms with Crippen LogP contribution >= 0.6 is 0 Å². The zero-order chi connectivity index (χ0) is 11.7. The summed E-state index contributed by atoms with van der Waals surface area (Å²) < 4.78 is 5.16. The Labute approximate surface area is 98.5 Å². The smallest absolute Gasteiger partial charge is 0.259 e. The maximum Gasteiger partial charge on any atom is 0.259 e. The average molecular weight is 231 g/mol. The largest absolute Gasteiger partial charge is 0.506 e. The summed E-state index contributed by atoms with van der Waals surface area (Å²) in [4.78, 5) is 8.19. The molecule has 0 radical (unpaired) electrons. The molecule has 0 aliphatic heterocycles. The molecule has 1 aliphatic carbocycles. The maximum absolute atomic E-state index is 9.32. The molecular formula is C12H13N3O2. The molecule has 88 valence electrons. The molecule has 2 aromatic heterocycles. The van der Waals surface area contributed by atoms with Crippen LogP contribution < -0.4 is 0 Å². The van der Waals surface area contributed by atoms with Crippen molar-refractivity contribution in [1.29, 1.82) is 0 Å². The normalized spacial score (nSPS) is 15.8. The fourth-order valence-electron chi connectivity index (χ4n) is 1.95. The van der Waals surface area contributed by atoms with Gasteiger partial charge in [-0.15, -0.1) is 0 Å². The molecule has 1 aliphatic rings. The van der Waals surface area contributed by atoms with Crippen LogP contribution in [0.3, 0.4) is 0 Å². The summed E-state index contributed by atoms with van der Waals surface area (Å²) in [5.74, 6) is 1.97. The number of hydrogen-bond donors (Lipinski definition) is 1. The van der Waals surface area contributed by atoms with Gasteiger partial charge in [0.25, 0.3) is 5.89 Å². The molecular weight excluding hydrogens is 218 g/mol. The molecule has 2 aromatic rings. The van der Waals surface area contributed by atoms with E-state index < -0.39 is 0 Å². The summed E-state index contributed by atoms with van der Waals surface area (Å²) in [5, 5.41) is 13.3. The first kappa shape index (κ1) is 10.3. The fourth-order valence-corrected chi connectivity index (χ4v) is 1.95. The van der Waals surface area contributed by atoms with Crippen molar-refractivity contribution >= 4 is 0 Å². The summed E-state index contributed by atoms with van der Waals surface area (Å²) in [6.45, 7) is 0. The van der Waals surface area contributed by atoms with E-state index in [0.29, 0.717) is 17.4 Å². The Morgan fingerprint density at radius 2 is 2.24 bits per heavy atom. The van der Waals surface area contributed by atoms with Crippen molar-refractivity contribution in [3.05, 3.63) is 24.3 Å². The van der Waals surface area contributed by atoms with Gasteiger partial charge in [0.1, 0.15) is 5.75 Å². The number of aromatic hydroxyl groups is 1. The van der Waals surface area contributed by atoms with Gasteiger partial charge in [-0.25, -0.2) is 0 Å². The summed E-state index contributed by atoms with van der Waals surface area (Å²) in [5.41, 5.74) is 0.650. The van der Waals surface area contributed by atoms with Gasteiger partial charge in [0, 0.05) is 12.6 Å². The van der Waals surface area contributed by atoms with Crippen LogP contribution in [0.15, 0.2) is 23.0 Å². The van der Waals surface area contributed by atoms with Crippen LogP contribution in [-0.4, -0.2) is 20.2 Å². The summed E-state index contributed by atoms with van der Waals surface area (Å²) in [6.07, 6.45) is 7.69. The van der Waals surface area contributed by atoms with E-state index in [4.69, 9.17) is 4.52 Å². The van der Waals surface area contributed by atoms with Crippen LogP contribution in [0.5, 0.6) is 5.75 Å². The zero-order valence-corrected chi connectivity index (χ0v) is 9.33. The highest BCUT2D eigenvalue weighted by Gasteiger charge is 2.20. The quantitative estimate of drug-likeness (QED) is 0.876. The molecule has 5 heteroatoms. The van der Waals surface area contributed by atoms with Crippen molar-refractivity contribution in [3.8, 4) is 17.2 Å². The topological polar surface area (TPSA) is 72.0 Å². The predicted molar refractivity (Wildman–Crippen MR) is 60.2 cm³/mol. The maximum atomic E-state index is 9.32. The molecule has 1 fully saturated rings. The number of aromatic nitrogens is 3. The van der Waals surface area contributed by atoms with E-state index in [2.05, 4.69) is 15.1 Å². The summed E-state index contributed by atoms with van der Waals surface area (Å²) >= 11 is 0. The van der Waals surface area contributed by atoms with Crippen LogP contribution in [0.1, 0.15) is 25.1 Å². The Balaban J connectivity index is 1.79. The van der Waals surface area contributed by atoms with Crippen LogP contribution in [0, 0.1) is 5.92 Å². The molecule has 0 spiro atoms. The molecule has 3 rings (SSSR count). The molecule has 17 heavy (non-hydrogen) atoms. The van der Waals surface area contributed by atoms with Gasteiger partial charge < -0.3 is 9.63 Å². The highest BCUT2D eigenvalue weighted by molar-refractivity contribution is 5.53. The minimum Gasteiger partial charge on any atom is -0.506 e. The Morgan fingerprint density at radius 1 is 1.35 bits per heavy atom. The lowest BCUT2D eigenvalue weighted by atomic mass is 9.83. The van der Waals surface area contributed by atoms with Crippen molar-refractivity contribution in [2.24, 2.45) is 5.92 Å². The lowest BCUT2D eigenvalue weighted by Crippen LogP contribution is -2.14. The minimum absolute atomic E-state index is 0.0984. The second-order valence-electron chi connectivity index (χ2n) is 4.45. The van der Waals surface area contributed by atoms with E-state index in [-0.39, 0.29) is 5.75 Å². The third-order valence-corrected chi connectivity index (χ3v) is 3.13. The molecule has 0 saturated heterocycles. The second-order valence-corrected chi connectivity index (χ2v) is 4.45. The highest BCUT2D eigenvalue weighted by atomic mass is 16.5. The summed E-state index contributed by atoms with van der Waals surface area (Å²) in [6, 6.07) is 1.56. The van der Waals surface area contributed by atoms with Gasteiger partial charge in [0.2, 0.25) is 0 Å². The molecule has 0 bridgehead atoms. The Bertz CT molecular complexity index is 520. The van der Waals surface area contributed by atoms with Crippen LogP contribution in [-0.2, 0) is 6.42 Å². The van der Waals surface area contributed by atoms with E-state index in [0.717, 1.165) is 12.2 Å². The molecule has 2 heterocycles. The fraction of sp³-hybridized carbons (Fsp3) is 0.417. The van der Waals surface area contributed by atoms with Gasteiger partial charge in [-0.1, -0.05) is 24.4 Å². The van der Waals surface area contributed by atoms with Crippen LogP contribution in [0.25, 0.3) is 11.5 Å². The third-order valence-electron chi connectivity index (χ3n) is 3.13. The van der Waals surface area contributed by atoms with E-state index in [1.807, 2.05) is 0 Å². The first-order valence-electron chi connectivity index (χ1n) is 5.78. The molecule has 0 amide bonds. The van der Waals surface area contributed by atoms with Crippen molar-refractivity contribution in [2.75, 3.05) is 0 Å². The second kappa shape index (κ2) is 4.16. The standard InChI is InChI=1S/C12H13N3O2/c16-10-5-9(6-13-7-10)12-14-11(15-17-12)4-8-2-1-3-8/h5-8,16H,1-4H2. The molecule has 0 aromatic carbocycles. The zero-order valence-electron chi connectivity index (χ0n) is 9.33. The number of pyridine rings is 1. The molecule has 0 unspecified atom stereocenters. The van der Waals surface area contributed by atoms with Crippen molar-refractivity contribution in [3.63, 3.8) is 0 Å². The van der Waals surface area contributed by atoms with Crippen LogP contribution in [0.4, 0.5) is 0 Å². The predicted octanol–water partition coefficient (Wildman–Crippen LogP) is 2.18. The van der Waals surface area contributed by atoms with E-state index >= 15 is 0 Å². The van der Waals surface area contributed by atoms with E-state index in [9.17, 15) is 5.11 Å². The number of hydrogen-bond acceptors (Lipinski definition) is 5. The van der Waals surface area contributed by atoms with E-state index in [1.165, 1.54) is 25.5 Å². The van der Waals surface area contributed by atoms with Crippen molar-refractivity contribution in [1.82, 2.24) is 15.1 Å². The van der Waals surface area contributed by atoms with Gasteiger partial charge in [-0.3, -0.25) is 4.98 Å². The highest BCUT2D eigenvalue weighted by Crippen LogP contribution is 2.29.